The zero-order valence-electron chi connectivity index (χ0n) is 11.8. The van der Waals surface area contributed by atoms with E-state index in [-0.39, 0.29) is 6.10 Å². The lowest BCUT2D eigenvalue weighted by Crippen LogP contribution is -2.37. The topological polar surface area (TPSA) is 40.5 Å². The molecule has 0 saturated heterocycles. The summed E-state index contributed by atoms with van der Waals surface area (Å²) in [6.07, 6.45) is 7.73. The van der Waals surface area contributed by atoms with Crippen LogP contribution in [0.5, 0.6) is 0 Å². The van der Waals surface area contributed by atoms with Gasteiger partial charge in [0.05, 0.1) is 6.10 Å². The molecule has 3 atom stereocenters. The maximum Gasteiger partial charge on any atom is 0.0576 e. The van der Waals surface area contributed by atoms with Crippen LogP contribution in [0.4, 0.5) is 0 Å². The molecule has 0 aliphatic heterocycles. The van der Waals surface area contributed by atoms with Crippen LogP contribution >= 0.6 is 0 Å². The van der Waals surface area contributed by atoms with E-state index in [1.807, 2.05) is 0 Å². The third kappa shape index (κ3) is 4.59. The molecule has 0 aromatic rings. The highest BCUT2D eigenvalue weighted by Crippen LogP contribution is 2.44. The van der Waals surface area contributed by atoms with Crippen LogP contribution < -0.4 is 0 Å². The van der Waals surface area contributed by atoms with Gasteiger partial charge in [0.25, 0.3) is 0 Å². The Morgan fingerprint density at radius 2 is 1.94 bits per heavy atom. The van der Waals surface area contributed by atoms with Gasteiger partial charge in [0, 0.05) is 6.61 Å². The van der Waals surface area contributed by atoms with E-state index in [2.05, 4.69) is 20.8 Å². The van der Waals surface area contributed by atoms with Crippen molar-refractivity contribution >= 4 is 0 Å². The van der Waals surface area contributed by atoms with Crippen molar-refractivity contribution in [2.75, 3.05) is 6.61 Å². The minimum Gasteiger partial charge on any atom is -0.396 e. The van der Waals surface area contributed by atoms with Crippen LogP contribution in [0.15, 0.2) is 0 Å². The van der Waals surface area contributed by atoms with E-state index in [9.17, 15) is 5.11 Å². The lowest BCUT2D eigenvalue weighted by Gasteiger charge is -2.42. The van der Waals surface area contributed by atoms with Crippen LogP contribution in [0.25, 0.3) is 0 Å². The molecule has 17 heavy (non-hydrogen) atoms. The summed E-state index contributed by atoms with van der Waals surface area (Å²) in [5.74, 6) is 1.10. The maximum atomic E-state index is 10.2. The molecule has 0 radical (unpaired) electrons. The van der Waals surface area contributed by atoms with Crippen LogP contribution in [0, 0.1) is 17.3 Å². The number of hydrogen-bond acceptors (Lipinski definition) is 2. The molecule has 1 saturated carbocycles. The number of hydrogen-bond donors (Lipinski definition) is 2. The first kappa shape index (κ1) is 15.0. The number of rotatable bonds is 6. The Bertz CT molecular complexity index is 215. The van der Waals surface area contributed by atoms with Gasteiger partial charge in [-0.1, -0.05) is 33.6 Å². The molecule has 0 aromatic heterocycles. The molecule has 2 nitrogen and oxygen atoms in total. The van der Waals surface area contributed by atoms with E-state index in [1.165, 1.54) is 25.7 Å². The van der Waals surface area contributed by atoms with Crippen LogP contribution in [0.2, 0.25) is 0 Å². The van der Waals surface area contributed by atoms with Crippen molar-refractivity contribution in [1.82, 2.24) is 0 Å². The molecule has 2 N–H and O–H groups in total. The molecule has 3 unspecified atom stereocenters. The van der Waals surface area contributed by atoms with Crippen molar-refractivity contribution < 1.29 is 10.2 Å². The molecule has 0 spiro atoms. The third-order valence-electron chi connectivity index (χ3n) is 4.57. The van der Waals surface area contributed by atoms with Gasteiger partial charge in [-0.15, -0.1) is 0 Å². The Morgan fingerprint density at radius 1 is 1.24 bits per heavy atom. The smallest absolute Gasteiger partial charge is 0.0576 e. The summed E-state index contributed by atoms with van der Waals surface area (Å²) in [4.78, 5) is 0. The van der Waals surface area contributed by atoms with Gasteiger partial charge in [-0.2, -0.15) is 0 Å². The van der Waals surface area contributed by atoms with Crippen molar-refractivity contribution in [3.63, 3.8) is 0 Å². The molecule has 2 heteroatoms. The van der Waals surface area contributed by atoms with Crippen molar-refractivity contribution in [3.05, 3.63) is 0 Å². The van der Waals surface area contributed by atoms with E-state index in [0.717, 1.165) is 19.3 Å². The van der Waals surface area contributed by atoms with E-state index in [0.29, 0.717) is 23.9 Å². The predicted molar refractivity (Wildman–Crippen MR) is 71.8 cm³/mol. The van der Waals surface area contributed by atoms with Crippen molar-refractivity contribution in [2.24, 2.45) is 17.3 Å². The van der Waals surface area contributed by atoms with Gasteiger partial charge in [0.2, 0.25) is 0 Å². The van der Waals surface area contributed by atoms with E-state index in [1.54, 1.807) is 0 Å². The SMILES string of the molecule is CC(C)C1CCC(C)(CCCCCO)CC1O. The molecule has 0 bridgehead atoms. The Labute approximate surface area is 106 Å². The average molecular weight is 242 g/mol. The Morgan fingerprint density at radius 3 is 2.47 bits per heavy atom. The lowest BCUT2D eigenvalue weighted by atomic mass is 9.65. The maximum absolute atomic E-state index is 10.2. The summed E-state index contributed by atoms with van der Waals surface area (Å²) in [5.41, 5.74) is 0.334. The molecular formula is C15H30O2. The Hall–Kier alpha value is -0.0800. The van der Waals surface area contributed by atoms with Gasteiger partial charge < -0.3 is 10.2 Å². The molecule has 102 valence electrons. The molecular weight excluding hydrogens is 212 g/mol. The second kappa shape index (κ2) is 6.75. The molecule has 0 amide bonds. The highest BCUT2D eigenvalue weighted by molar-refractivity contribution is 4.88. The lowest BCUT2D eigenvalue weighted by molar-refractivity contribution is -0.0140. The fraction of sp³-hybridized carbons (Fsp3) is 1.00. The minimum atomic E-state index is -0.105. The van der Waals surface area contributed by atoms with Crippen molar-refractivity contribution in [2.45, 2.75) is 71.8 Å². The summed E-state index contributed by atoms with van der Waals surface area (Å²) in [6.45, 7) is 7.08. The van der Waals surface area contributed by atoms with E-state index < -0.39 is 0 Å². The number of unbranched alkanes of at least 4 members (excludes halogenated alkanes) is 2. The highest BCUT2D eigenvalue weighted by Gasteiger charge is 2.37. The quantitative estimate of drug-likeness (QED) is 0.701. The molecule has 0 heterocycles. The molecule has 1 fully saturated rings. The van der Waals surface area contributed by atoms with E-state index >= 15 is 0 Å². The van der Waals surface area contributed by atoms with Crippen molar-refractivity contribution in [3.8, 4) is 0 Å². The first-order chi connectivity index (χ1) is 7.98. The first-order valence-corrected chi connectivity index (χ1v) is 7.27. The fourth-order valence-corrected chi connectivity index (χ4v) is 3.31. The van der Waals surface area contributed by atoms with Crippen molar-refractivity contribution in [1.29, 1.82) is 0 Å². The summed E-state index contributed by atoms with van der Waals surface area (Å²) >= 11 is 0. The number of aliphatic hydroxyl groups excluding tert-OH is 2. The Kier molecular flexibility index (Phi) is 5.94. The fourth-order valence-electron chi connectivity index (χ4n) is 3.31. The van der Waals surface area contributed by atoms with E-state index in [4.69, 9.17) is 5.11 Å². The normalized spacial score (nSPS) is 34.2. The third-order valence-corrected chi connectivity index (χ3v) is 4.57. The standard InChI is InChI=1S/C15H30O2/c1-12(2)13-7-9-15(3,11-14(13)17)8-5-4-6-10-16/h12-14,16-17H,4-11H2,1-3H3. The van der Waals surface area contributed by atoms with Crippen LogP contribution in [0.3, 0.4) is 0 Å². The zero-order valence-corrected chi connectivity index (χ0v) is 11.8. The van der Waals surface area contributed by atoms with Gasteiger partial charge in [-0.05, 0) is 49.4 Å². The highest BCUT2D eigenvalue weighted by atomic mass is 16.3. The first-order valence-electron chi connectivity index (χ1n) is 7.27. The summed E-state index contributed by atoms with van der Waals surface area (Å²) < 4.78 is 0. The zero-order chi connectivity index (χ0) is 12.9. The predicted octanol–water partition coefficient (Wildman–Crippen LogP) is 3.36. The average Bonchev–Trinajstić information content (AvgIpc) is 2.24. The van der Waals surface area contributed by atoms with Gasteiger partial charge in [-0.3, -0.25) is 0 Å². The second-order valence-electron chi connectivity index (χ2n) is 6.56. The minimum absolute atomic E-state index is 0.105. The summed E-state index contributed by atoms with van der Waals surface area (Å²) in [6, 6.07) is 0. The monoisotopic (exact) mass is 242 g/mol. The van der Waals surface area contributed by atoms with Crippen LogP contribution in [0.1, 0.15) is 65.7 Å². The summed E-state index contributed by atoms with van der Waals surface area (Å²) in [7, 11) is 0. The summed E-state index contributed by atoms with van der Waals surface area (Å²) in [5, 5.41) is 19.0. The van der Waals surface area contributed by atoms with Gasteiger partial charge >= 0.3 is 0 Å². The van der Waals surface area contributed by atoms with Gasteiger partial charge in [0.15, 0.2) is 0 Å². The van der Waals surface area contributed by atoms with Crippen LogP contribution in [-0.4, -0.2) is 22.9 Å². The molecule has 1 aliphatic carbocycles. The largest absolute Gasteiger partial charge is 0.396 e. The Balaban J connectivity index is 2.35. The number of aliphatic hydroxyl groups is 2. The van der Waals surface area contributed by atoms with Gasteiger partial charge in [-0.25, -0.2) is 0 Å². The molecule has 0 aromatic carbocycles. The van der Waals surface area contributed by atoms with Gasteiger partial charge in [0.1, 0.15) is 0 Å². The molecule has 1 rings (SSSR count). The molecule has 1 aliphatic rings. The van der Waals surface area contributed by atoms with Crippen LogP contribution in [-0.2, 0) is 0 Å². The second-order valence-corrected chi connectivity index (χ2v) is 6.56.